The fraction of sp³-hybridized carbons (Fsp3) is 0.421. The number of aromatic nitrogens is 1. The molecule has 0 aliphatic carbocycles. The van der Waals surface area contributed by atoms with Gasteiger partial charge in [0.2, 0.25) is 0 Å². The molecule has 3 aliphatic rings. The van der Waals surface area contributed by atoms with Crippen LogP contribution < -0.4 is 5.32 Å². The minimum atomic E-state index is -0.271. The quantitative estimate of drug-likeness (QED) is 0.918. The van der Waals surface area contributed by atoms with Crippen molar-refractivity contribution in [2.75, 3.05) is 19.6 Å². The van der Waals surface area contributed by atoms with Crippen LogP contribution in [0.1, 0.15) is 19.3 Å². The summed E-state index contributed by atoms with van der Waals surface area (Å²) in [7, 11) is 0. The van der Waals surface area contributed by atoms with E-state index in [9.17, 15) is 9.18 Å². The molecule has 2 bridgehead atoms. The number of piperidine rings is 1. The Labute approximate surface area is 141 Å². The molecule has 1 amide bonds. The predicted octanol–water partition coefficient (Wildman–Crippen LogP) is 3.34. The Bertz CT molecular complexity index is 720. The van der Waals surface area contributed by atoms with Gasteiger partial charge >= 0.3 is 6.03 Å². The molecule has 3 fully saturated rings. The normalized spacial score (nSPS) is 26.1. The van der Waals surface area contributed by atoms with Crippen LogP contribution >= 0.6 is 0 Å². The molecular weight excluding hydrogens is 305 g/mol. The number of hydrogen-bond acceptors (Lipinski definition) is 2. The first-order chi connectivity index (χ1) is 11.7. The monoisotopic (exact) mass is 327 g/mol. The number of benzene rings is 1. The van der Waals surface area contributed by atoms with E-state index >= 15 is 0 Å². The SMILES string of the molecule is O=C(NC1CC2CCN(CC2)C1)n1ccc(-c2cccc(F)c2)c1. The second kappa shape index (κ2) is 6.40. The molecule has 5 heteroatoms. The zero-order chi connectivity index (χ0) is 16.5. The minimum Gasteiger partial charge on any atom is -0.333 e. The molecule has 4 heterocycles. The highest BCUT2D eigenvalue weighted by Gasteiger charge is 2.29. The van der Waals surface area contributed by atoms with Crippen molar-refractivity contribution in [3.05, 3.63) is 48.5 Å². The van der Waals surface area contributed by atoms with Gasteiger partial charge in [-0.15, -0.1) is 0 Å². The van der Waals surface area contributed by atoms with E-state index in [2.05, 4.69) is 10.2 Å². The Hall–Kier alpha value is -2.14. The third-order valence-electron chi connectivity index (χ3n) is 5.22. The summed E-state index contributed by atoms with van der Waals surface area (Å²) < 4.78 is 14.9. The Morgan fingerprint density at radius 1 is 1.17 bits per heavy atom. The maximum Gasteiger partial charge on any atom is 0.325 e. The van der Waals surface area contributed by atoms with Gasteiger partial charge in [0.15, 0.2) is 0 Å². The second-order valence-electron chi connectivity index (χ2n) is 6.94. The third-order valence-corrected chi connectivity index (χ3v) is 5.22. The van der Waals surface area contributed by atoms with Crippen molar-refractivity contribution in [2.24, 2.45) is 5.92 Å². The van der Waals surface area contributed by atoms with Crippen LogP contribution in [0.5, 0.6) is 0 Å². The smallest absolute Gasteiger partial charge is 0.325 e. The molecule has 3 saturated heterocycles. The Morgan fingerprint density at radius 2 is 2.00 bits per heavy atom. The maximum absolute atomic E-state index is 13.4. The third kappa shape index (κ3) is 3.22. The molecule has 126 valence electrons. The van der Waals surface area contributed by atoms with Gasteiger partial charge in [-0.2, -0.15) is 0 Å². The molecule has 1 aromatic carbocycles. The molecule has 0 spiro atoms. The highest BCUT2D eigenvalue weighted by Crippen LogP contribution is 2.27. The minimum absolute atomic E-state index is 0.106. The molecule has 1 unspecified atom stereocenters. The fourth-order valence-corrected chi connectivity index (χ4v) is 3.91. The van der Waals surface area contributed by atoms with Gasteiger partial charge in [0, 0.05) is 25.0 Å². The lowest BCUT2D eigenvalue weighted by Gasteiger charge is -2.26. The molecular formula is C19H22FN3O. The number of nitrogens with zero attached hydrogens (tertiary/aromatic N) is 2. The van der Waals surface area contributed by atoms with E-state index in [1.54, 1.807) is 23.0 Å². The van der Waals surface area contributed by atoms with Gasteiger partial charge in [-0.25, -0.2) is 9.18 Å². The van der Waals surface area contributed by atoms with Gasteiger partial charge in [-0.1, -0.05) is 12.1 Å². The summed E-state index contributed by atoms with van der Waals surface area (Å²) in [6.07, 6.45) is 7.07. The van der Waals surface area contributed by atoms with Gasteiger partial charge in [0.05, 0.1) is 0 Å². The Balaban J connectivity index is 1.45. The average molecular weight is 327 g/mol. The summed E-state index contributed by atoms with van der Waals surface area (Å²) in [6, 6.07) is 8.37. The molecule has 1 atom stereocenters. The lowest BCUT2D eigenvalue weighted by molar-refractivity contribution is 0.217. The van der Waals surface area contributed by atoms with Crippen molar-refractivity contribution in [3.63, 3.8) is 0 Å². The van der Waals surface area contributed by atoms with Crippen LogP contribution in [0.2, 0.25) is 0 Å². The molecule has 1 aromatic heterocycles. The molecule has 0 radical (unpaired) electrons. The van der Waals surface area contributed by atoms with Crippen LogP contribution in [-0.2, 0) is 0 Å². The lowest BCUT2D eigenvalue weighted by atomic mass is 9.94. The number of fused-ring (bicyclic) bond motifs is 4. The first kappa shape index (κ1) is 15.4. The summed E-state index contributed by atoms with van der Waals surface area (Å²) in [5, 5.41) is 3.16. The van der Waals surface area contributed by atoms with E-state index in [0.29, 0.717) is 0 Å². The topological polar surface area (TPSA) is 37.3 Å². The number of hydrogen-bond donors (Lipinski definition) is 1. The predicted molar refractivity (Wildman–Crippen MR) is 91.3 cm³/mol. The molecule has 2 aromatic rings. The van der Waals surface area contributed by atoms with Crippen LogP contribution in [0.25, 0.3) is 11.1 Å². The van der Waals surface area contributed by atoms with Crippen LogP contribution in [0.15, 0.2) is 42.7 Å². The van der Waals surface area contributed by atoms with Gasteiger partial charge in [-0.3, -0.25) is 4.57 Å². The van der Waals surface area contributed by atoms with E-state index in [4.69, 9.17) is 0 Å². The zero-order valence-electron chi connectivity index (χ0n) is 13.6. The summed E-state index contributed by atoms with van der Waals surface area (Å²) in [6.45, 7) is 3.26. The first-order valence-electron chi connectivity index (χ1n) is 8.64. The molecule has 1 N–H and O–H groups in total. The van der Waals surface area contributed by atoms with Crippen LogP contribution in [-0.4, -0.2) is 41.2 Å². The van der Waals surface area contributed by atoms with Crippen molar-refractivity contribution in [1.82, 2.24) is 14.8 Å². The summed E-state index contributed by atoms with van der Waals surface area (Å²) in [5.41, 5.74) is 1.62. The van der Waals surface area contributed by atoms with E-state index in [-0.39, 0.29) is 17.9 Å². The van der Waals surface area contributed by atoms with E-state index in [1.807, 2.05) is 12.1 Å². The zero-order valence-corrected chi connectivity index (χ0v) is 13.6. The van der Waals surface area contributed by atoms with E-state index in [0.717, 1.165) is 43.1 Å². The average Bonchev–Trinajstić information content (AvgIpc) is 2.90. The van der Waals surface area contributed by atoms with Crippen molar-refractivity contribution in [2.45, 2.75) is 25.3 Å². The van der Waals surface area contributed by atoms with Gasteiger partial charge in [0.1, 0.15) is 5.82 Å². The van der Waals surface area contributed by atoms with E-state index in [1.165, 1.54) is 25.0 Å². The first-order valence-corrected chi connectivity index (χ1v) is 8.64. The number of carbonyl (C=O) groups excluding carboxylic acids is 1. The number of carbonyl (C=O) groups is 1. The second-order valence-corrected chi connectivity index (χ2v) is 6.94. The molecule has 0 saturated carbocycles. The van der Waals surface area contributed by atoms with E-state index < -0.39 is 0 Å². The summed E-state index contributed by atoms with van der Waals surface area (Å²) >= 11 is 0. The number of rotatable bonds is 2. The Morgan fingerprint density at radius 3 is 2.79 bits per heavy atom. The lowest BCUT2D eigenvalue weighted by Crippen LogP contribution is -2.43. The highest BCUT2D eigenvalue weighted by molar-refractivity contribution is 5.79. The standard InChI is InChI=1S/C19H22FN3O/c20-17-3-1-2-15(11-17)16-6-9-23(12-16)19(24)21-18-10-14-4-7-22(13-18)8-5-14/h1-3,6,9,11-12,14,18H,4-5,7-8,10,13H2,(H,21,24). The largest absolute Gasteiger partial charge is 0.333 e. The van der Waals surface area contributed by atoms with Gasteiger partial charge < -0.3 is 10.2 Å². The number of nitrogens with one attached hydrogen (secondary N) is 1. The van der Waals surface area contributed by atoms with Crippen molar-refractivity contribution in [1.29, 1.82) is 0 Å². The maximum atomic E-state index is 13.4. The molecule has 24 heavy (non-hydrogen) atoms. The van der Waals surface area contributed by atoms with Crippen LogP contribution in [0, 0.1) is 11.7 Å². The van der Waals surface area contributed by atoms with Crippen LogP contribution in [0.3, 0.4) is 0 Å². The summed E-state index contributed by atoms with van der Waals surface area (Å²) in [4.78, 5) is 15.0. The molecule has 3 aliphatic heterocycles. The fourth-order valence-electron chi connectivity index (χ4n) is 3.91. The summed E-state index contributed by atoms with van der Waals surface area (Å²) in [5.74, 6) is 0.467. The highest BCUT2D eigenvalue weighted by atomic mass is 19.1. The molecule has 5 rings (SSSR count). The molecule has 4 nitrogen and oxygen atoms in total. The van der Waals surface area contributed by atoms with Gasteiger partial charge in [0.25, 0.3) is 0 Å². The van der Waals surface area contributed by atoms with Gasteiger partial charge in [-0.05, 0) is 67.6 Å². The van der Waals surface area contributed by atoms with Crippen molar-refractivity contribution >= 4 is 6.03 Å². The van der Waals surface area contributed by atoms with Crippen molar-refractivity contribution in [3.8, 4) is 11.1 Å². The van der Waals surface area contributed by atoms with Crippen LogP contribution in [0.4, 0.5) is 9.18 Å². The number of halogens is 1. The Kier molecular flexibility index (Phi) is 4.10. The number of amides is 1. The van der Waals surface area contributed by atoms with Crippen molar-refractivity contribution < 1.29 is 9.18 Å².